The van der Waals surface area contributed by atoms with E-state index in [0.717, 1.165) is 11.6 Å². The van der Waals surface area contributed by atoms with Crippen molar-refractivity contribution in [3.8, 4) is 0 Å². The fourth-order valence-electron chi connectivity index (χ4n) is 2.15. The molecule has 2 heterocycles. The van der Waals surface area contributed by atoms with Crippen LogP contribution in [0.4, 0.5) is 20.4 Å². The standard InChI is InChI=1S/C17H12F2N4O2/c18-11-7-12(19)17(20-9-11)23-16(25)8-15(24)22-14-6-5-10-3-1-2-4-13(10)21-14/h1-7,9H,8H2,(H,20,23,25)(H,21,22,24). The molecule has 0 radical (unpaired) electrons. The molecule has 3 aromatic rings. The number of fused-ring (bicyclic) bond motifs is 1. The number of aromatic nitrogens is 2. The first-order valence-electron chi connectivity index (χ1n) is 7.28. The lowest BCUT2D eigenvalue weighted by molar-refractivity contribution is -0.123. The fraction of sp³-hybridized carbons (Fsp3) is 0.0588. The maximum atomic E-state index is 13.4. The van der Waals surface area contributed by atoms with Gasteiger partial charge in [-0.3, -0.25) is 9.59 Å². The van der Waals surface area contributed by atoms with E-state index in [-0.39, 0.29) is 0 Å². The van der Waals surface area contributed by atoms with E-state index in [0.29, 0.717) is 17.4 Å². The number of carbonyl (C=O) groups is 2. The van der Waals surface area contributed by atoms with E-state index in [1.165, 1.54) is 0 Å². The number of nitrogens with one attached hydrogen (secondary N) is 2. The Balaban J connectivity index is 1.62. The molecule has 2 N–H and O–H groups in total. The summed E-state index contributed by atoms with van der Waals surface area (Å²) in [5, 5.41) is 5.51. The first-order valence-corrected chi connectivity index (χ1v) is 7.28. The van der Waals surface area contributed by atoms with Crippen LogP contribution in [0.1, 0.15) is 6.42 Å². The van der Waals surface area contributed by atoms with Gasteiger partial charge in [-0.1, -0.05) is 18.2 Å². The Kier molecular flexibility index (Phi) is 4.60. The van der Waals surface area contributed by atoms with Crippen LogP contribution < -0.4 is 10.6 Å². The number of hydrogen-bond donors (Lipinski definition) is 2. The Morgan fingerprint density at radius 2 is 1.76 bits per heavy atom. The van der Waals surface area contributed by atoms with Gasteiger partial charge in [-0.15, -0.1) is 0 Å². The topological polar surface area (TPSA) is 84.0 Å². The molecule has 0 unspecified atom stereocenters. The van der Waals surface area contributed by atoms with Gasteiger partial charge >= 0.3 is 0 Å². The van der Waals surface area contributed by atoms with Crippen LogP contribution >= 0.6 is 0 Å². The molecular weight excluding hydrogens is 330 g/mol. The molecule has 25 heavy (non-hydrogen) atoms. The molecule has 0 aliphatic rings. The van der Waals surface area contributed by atoms with Crippen molar-refractivity contribution < 1.29 is 18.4 Å². The molecule has 0 saturated heterocycles. The average molecular weight is 342 g/mol. The number of para-hydroxylation sites is 1. The number of halogens is 2. The molecule has 8 heteroatoms. The average Bonchev–Trinajstić information content (AvgIpc) is 2.57. The number of anilines is 2. The number of benzene rings is 1. The second kappa shape index (κ2) is 7.00. The minimum Gasteiger partial charge on any atom is -0.310 e. The Hall–Kier alpha value is -3.42. The Labute approximate surface area is 140 Å². The van der Waals surface area contributed by atoms with Gasteiger partial charge in [0.15, 0.2) is 11.6 Å². The third-order valence-corrected chi connectivity index (χ3v) is 3.25. The van der Waals surface area contributed by atoms with Crippen molar-refractivity contribution in [3.05, 3.63) is 60.3 Å². The van der Waals surface area contributed by atoms with E-state index >= 15 is 0 Å². The summed E-state index contributed by atoms with van der Waals surface area (Å²) in [4.78, 5) is 31.3. The maximum absolute atomic E-state index is 13.4. The van der Waals surface area contributed by atoms with Gasteiger partial charge in [0.2, 0.25) is 11.8 Å². The van der Waals surface area contributed by atoms with Crippen molar-refractivity contribution in [1.82, 2.24) is 9.97 Å². The molecule has 126 valence electrons. The lowest BCUT2D eigenvalue weighted by Gasteiger charge is -2.07. The molecule has 2 amide bonds. The molecule has 0 fully saturated rings. The summed E-state index contributed by atoms with van der Waals surface area (Å²) in [7, 11) is 0. The van der Waals surface area contributed by atoms with Crippen LogP contribution in [0.2, 0.25) is 0 Å². The molecule has 2 aromatic heterocycles. The van der Waals surface area contributed by atoms with E-state index in [1.807, 2.05) is 18.2 Å². The summed E-state index contributed by atoms with van der Waals surface area (Å²) in [6, 6.07) is 11.3. The van der Waals surface area contributed by atoms with Gasteiger partial charge < -0.3 is 10.6 Å². The molecular formula is C17H12F2N4O2. The van der Waals surface area contributed by atoms with Crippen molar-refractivity contribution >= 4 is 34.4 Å². The van der Waals surface area contributed by atoms with Gasteiger partial charge in [-0.05, 0) is 18.2 Å². The molecule has 0 aliphatic carbocycles. The van der Waals surface area contributed by atoms with Crippen molar-refractivity contribution in [2.45, 2.75) is 6.42 Å². The van der Waals surface area contributed by atoms with Crippen LogP contribution in [0, 0.1) is 11.6 Å². The number of hydrogen-bond acceptors (Lipinski definition) is 4. The molecule has 0 bridgehead atoms. The quantitative estimate of drug-likeness (QED) is 0.714. The Morgan fingerprint density at radius 1 is 1.00 bits per heavy atom. The van der Waals surface area contributed by atoms with Gasteiger partial charge in [0.05, 0.1) is 11.7 Å². The van der Waals surface area contributed by atoms with Gasteiger partial charge in [-0.25, -0.2) is 18.7 Å². The summed E-state index contributed by atoms with van der Waals surface area (Å²) >= 11 is 0. The lowest BCUT2D eigenvalue weighted by atomic mass is 10.2. The number of amides is 2. The van der Waals surface area contributed by atoms with E-state index in [4.69, 9.17) is 0 Å². The zero-order valence-corrected chi connectivity index (χ0v) is 12.8. The number of rotatable bonds is 4. The molecule has 0 spiro atoms. The smallest absolute Gasteiger partial charge is 0.235 e. The number of carbonyl (C=O) groups excluding carboxylic acids is 2. The molecule has 0 saturated carbocycles. The summed E-state index contributed by atoms with van der Waals surface area (Å²) in [6.07, 6.45) is 0.199. The third-order valence-electron chi connectivity index (χ3n) is 3.25. The predicted octanol–water partition coefficient (Wildman–Crippen LogP) is 2.88. The monoisotopic (exact) mass is 342 g/mol. The fourth-order valence-corrected chi connectivity index (χ4v) is 2.15. The van der Waals surface area contributed by atoms with Gasteiger partial charge in [-0.2, -0.15) is 0 Å². The highest BCUT2D eigenvalue weighted by molar-refractivity contribution is 6.07. The molecule has 6 nitrogen and oxygen atoms in total. The highest BCUT2D eigenvalue weighted by Crippen LogP contribution is 2.15. The normalized spacial score (nSPS) is 10.5. The van der Waals surface area contributed by atoms with E-state index in [2.05, 4.69) is 20.6 Å². The van der Waals surface area contributed by atoms with E-state index in [1.54, 1.807) is 18.2 Å². The van der Waals surface area contributed by atoms with Crippen LogP contribution in [0.3, 0.4) is 0 Å². The van der Waals surface area contributed by atoms with Crippen molar-refractivity contribution in [1.29, 1.82) is 0 Å². The SMILES string of the molecule is O=C(CC(=O)Nc1ncc(F)cc1F)Nc1ccc2ccccc2n1. The minimum absolute atomic E-state index is 0.294. The Morgan fingerprint density at radius 3 is 2.56 bits per heavy atom. The first-order chi connectivity index (χ1) is 12.0. The molecule has 1 aromatic carbocycles. The summed E-state index contributed by atoms with van der Waals surface area (Å²) in [6.45, 7) is 0. The zero-order chi connectivity index (χ0) is 17.8. The second-order valence-corrected chi connectivity index (χ2v) is 5.15. The maximum Gasteiger partial charge on any atom is 0.235 e. The van der Waals surface area contributed by atoms with Crippen LogP contribution in [-0.2, 0) is 9.59 Å². The highest BCUT2D eigenvalue weighted by Gasteiger charge is 2.14. The highest BCUT2D eigenvalue weighted by atomic mass is 19.1. The number of nitrogens with zero attached hydrogens (tertiary/aromatic N) is 2. The van der Waals surface area contributed by atoms with E-state index in [9.17, 15) is 18.4 Å². The van der Waals surface area contributed by atoms with Crippen LogP contribution in [0.5, 0.6) is 0 Å². The lowest BCUT2D eigenvalue weighted by Crippen LogP contribution is -2.22. The minimum atomic E-state index is -1.02. The predicted molar refractivity (Wildman–Crippen MR) is 87.8 cm³/mol. The van der Waals surface area contributed by atoms with Crippen LogP contribution in [0.15, 0.2) is 48.7 Å². The number of pyridine rings is 2. The van der Waals surface area contributed by atoms with Gasteiger partial charge in [0, 0.05) is 11.5 Å². The molecule has 0 aliphatic heterocycles. The molecule has 0 atom stereocenters. The zero-order valence-electron chi connectivity index (χ0n) is 12.8. The third kappa shape index (κ3) is 4.11. The van der Waals surface area contributed by atoms with Crippen molar-refractivity contribution in [2.75, 3.05) is 10.6 Å². The van der Waals surface area contributed by atoms with Crippen molar-refractivity contribution in [3.63, 3.8) is 0 Å². The van der Waals surface area contributed by atoms with Crippen LogP contribution in [0.25, 0.3) is 10.9 Å². The first kappa shape index (κ1) is 16.4. The van der Waals surface area contributed by atoms with Crippen LogP contribution in [-0.4, -0.2) is 21.8 Å². The van der Waals surface area contributed by atoms with Gasteiger partial charge in [0.1, 0.15) is 18.1 Å². The molecule has 3 rings (SSSR count). The Bertz CT molecular complexity index is 962. The van der Waals surface area contributed by atoms with Gasteiger partial charge in [0.25, 0.3) is 0 Å². The largest absolute Gasteiger partial charge is 0.310 e. The summed E-state index contributed by atoms with van der Waals surface area (Å²) < 4.78 is 26.2. The van der Waals surface area contributed by atoms with Crippen molar-refractivity contribution in [2.24, 2.45) is 0 Å². The van der Waals surface area contributed by atoms with E-state index < -0.39 is 35.7 Å². The summed E-state index contributed by atoms with van der Waals surface area (Å²) in [5.74, 6) is -3.44. The second-order valence-electron chi connectivity index (χ2n) is 5.15. The summed E-state index contributed by atoms with van der Waals surface area (Å²) in [5.41, 5.74) is 0.697.